The molecular weight excluding hydrogens is 232 g/mol. The van der Waals surface area contributed by atoms with Crippen LogP contribution in [-0.2, 0) is 11.3 Å². The van der Waals surface area contributed by atoms with Gasteiger partial charge < -0.3 is 15.8 Å². The number of hydrogen-bond acceptors (Lipinski definition) is 4. The summed E-state index contributed by atoms with van der Waals surface area (Å²) in [7, 11) is 1.75. The van der Waals surface area contributed by atoms with Gasteiger partial charge in [-0.05, 0) is 44.9 Å². The molecule has 17 heavy (non-hydrogen) atoms. The Labute approximate surface area is 108 Å². The van der Waals surface area contributed by atoms with Crippen molar-refractivity contribution in [2.75, 3.05) is 20.3 Å². The summed E-state index contributed by atoms with van der Waals surface area (Å²) in [6.07, 6.45) is 2.12. The fourth-order valence-corrected chi connectivity index (χ4v) is 2.80. The third-order valence-corrected chi connectivity index (χ3v) is 4.06. The number of nitrogens with one attached hydrogen (secondary N) is 1. The van der Waals surface area contributed by atoms with Crippen molar-refractivity contribution in [3.63, 3.8) is 0 Å². The predicted molar refractivity (Wildman–Crippen MR) is 74.6 cm³/mol. The van der Waals surface area contributed by atoms with Crippen LogP contribution in [0.4, 0.5) is 0 Å². The maximum atomic E-state index is 5.54. The van der Waals surface area contributed by atoms with Gasteiger partial charge in [-0.3, -0.25) is 0 Å². The Hall–Kier alpha value is -0.420. The van der Waals surface area contributed by atoms with Crippen LogP contribution in [-0.4, -0.2) is 26.3 Å². The number of methoxy groups -OCH3 is 1. The van der Waals surface area contributed by atoms with E-state index in [0.717, 1.165) is 32.5 Å². The molecule has 0 aliphatic heterocycles. The van der Waals surface area contributed by atoms with Crippen molar-refractivity contribution in [1.82, 2.24) is 5.32 Å². The molecule has 0 spiro atoms. The lowest BCUT2D eigenvalue weighted by molar-refractivity contribution is 0.161. The van der Waals surface area contributed by atoms with E-state index < -0.39 is 0 Å². The molecule has 0 aliphatic rings. The Bertz CT molecular complexity index is 306. The molecule has 98 valence electrons. The Balaban J connectivity index is 2.39. The molecule has 0 fully saturated rings. The summed E-state index contributed by atoms with van der Waals surface area (Å²) < 4.78 is 5.22. The first-order valence-electron chi connectivity index (χ1n) is 6.15. The summed E-state index contributed by atoms with van der Waals surface area (Å²) in [5.74, 6) is 0. The Morgan fingerprint density at radius 3 is 2.76 bits per heavy atom. The quantitative estimate of drug-likeness (QED) is 0.749. The smallest absolute Gasteiger partial charge is 0.0615 e. The van der Waals surface area contributed by atoms with Crippen molar-refractivity contribution < 1.29 is 4.74 Å². The van der Waals surface area contributed by atoms with E-state index in [0.29, 0.717) is 6.04 Å². The Kier molecular flexibility index (Phi) is 6.73. The van der Waals surface area contributed by atoms with Crippen molar-refractivity contribution in [2.24, 2.45) is 5.73 Å². The highest BCUT2D eigenvalue weighted by molar-refractivity contribution is 7.12. The highest BCUT2D eigenvalue weighted by Gasteiger charge is 2.08. The molecule has 1 heterocycles. The molecule has 1 aromatic rings. The molecule has 1 aromatic heterocycles. The molecule has 1 unspecified atom stereocenters. The third kappa shape index (κ3) is 5.17. The van der Waals surface area contributed by atoms with Crippen LogP contribution in [0.1, 0.15) is 28.2 Å². The highest BCUT2D eigenvalue weighted by atomic mass is 32.1. The average molecular weight is 256 g/mol. The van der Waals surface area contributed by atoms with Crippen molar-refractivity contribution in [1.29, 1.82) is 0 Å². The summed E-state index contributed by atoms with van der Waals surface area (Å²) in [4.78, 5) is 2.81. The molecule has 0 bridgehead atoms. The molecule has 0 amide bonds. The van der Waals surface area contributed by atoms with E-state index in [-0.39, 0.29) is 0 Å². The van der Waals surface area contributed by atoms with Gasteiger partial charge in [0.2, 0.25) is 0 Å². The summed E-state index contributed by atoms with van der Waals surface area (Å²) in [5, 5.41) is 3.54. The summed E-state index contributed by atoms with van der Waals surface area (Å²) >= 11 is 1.87. The van der Waals surface area contributed by atoms with Gasteiger partial charge in [0.25, 0.3) is 0 Å². The van der Waals surface area contributed by atoms with Crippen molar-refractivity contribution in [3.05, 3.63) is 21.4 Å². The molecule has 0 aliphatic carbocycles. The van der Waals surface area contributed by atoms with E-state index in [1.807, 2.05) is 11.3 Å². The molecule has 0 aromatic carbocycles. The van der Waals surface area contributed by atoms with Gasteiger partial charge in [0.15, 0.2) is 0 Å². The van der Waals surface area contributed by atoms with E-state index in [2.05, 4.69) is 25.2 Å². The van der Waals surface area contributed by atoms with Crippen LogP contribution in [0.5, 0.6) is 0 Å². The minimum atomic E-state index is 0.409. The van der Waals surface area contributed by atoms with Crippen LogP contribution in [0, 0.1) is 13.8 Å². The van der Waals surface area contributed by atoms with E-state index >= 15 is 0 Å². The zero-order valence-electron chi connectivity index (χ0n) is 11.1. The first kappa shape index (κ1) is 14.6. The second-order valence-electron chi connectivity index (χ2n) is 4.42. The largest absolute Gasteiger partial charge is 0.383 e. The maximum absolute atomic E-state index is 5.54. The molecule has 0 saturated carbocycles. The van der Waals surface area contributed by atoms with Crippen molar-refractivity contribution in [2.45, 2.75) is 39.3 Å². The van der Waals surface area contributed by atoms with Crippen molar-refractivity contribution >= 4 is 11.3 Å². The first-order chi connectivity index (χ1) is 8.17. The number of hydrogen-bond donors (Lipinski definition) is 2. The van der Waals surface area contributed by atoms with Gasteiger partial charge >= 0.3 is 0 Å². The molecule has 0 saturated heterocycles. The summed E-state index contributed by atoms with van der Waals surface area (Å²) in [6, 6.07) is 2.67. The fourth-order valence-electron chi connectivity index (χ4n) is 1.79. The molecule has 1 atom stereocenters. The Morgan fingerprint density at radius 2 is 2.24 bits per heavy atom. The monoisotopic (exact) mass is 256 g/mol. The van der Waals surface area contributed by atoms with Crippen LogP contribution in [0.25, 0.3) is 0 Å². The normalized spacial score (nSPS) is 12.9. The molecule has 4 heteroatoms. The maximum Gasteiger partial charge on any atom is 0.0615 e. The van der Waals surface area contributed by atoms with Crippen LogP contribution in [0.3, 0.4) is 0 Å². The van der Waals surface area contributed by atoms with Crippen LogP contribution in [0.15, 0.2) is 6.07 Å². The molecule has 1 rings (SSSR count). The van der Waals surface area contributed by atoms with E-state index in [1.54, 1.807) is 7.11 Å². The van der Waals surface area contributed by atoms with E-state index in [9.17, 15) is 0 Å². The lowest BCUT2D eigenvalue weighted by Gasteiger charge is -2.16. The molecule has 0 radical (unpaired) electrons. The van der Waals surface area contributed by atoms with Gasteiger partial charge in [-0.25, -0.2) is 0 Å². The zero-order chi connectivity index (χ0) is 12.7. The summed E-state index contributed by atoms with van der Waals surface area (Å²) in [5.41, 5.74) is 6.92. The predicted octanol–water partition coefficient (Wildman–Crippen LogP) is 2.21. The highest BCUT2D eigenvalue weighted by Crippen LogP contribution is 2.20. The zero-order valence-corrected chi connectivity index (χ0v) is 11.9. The van der Waals surface area contributed by atoms with Gasteiger partial charge in [0.05, 0.1) is 6.61 Å². The van der Waals surface area contributed by atoms with Crippen LogP contribution < -0.4 is 11.1 Å². The van der Waals surface area contributed by atoms with Crippen LogP contribution >= 0.6 is 11.3 Å². The van der Waals surface area contributed by atoms with Crippen molar-refractivity contribution in [3.8, 4) is 0 Å². The molecular formula is C13H24N2OS. The minimum Gasteiger partial charge on any atom is -0.383 e. The number of aryl methyl sites for hydroxylation is 2. The molecule has 3 nitrogen and oxygen atoms in total. The summed E-state index contributed by atoms with van der Waals surface area (Å²) in [6.45, 7) is 6.77. The SMILES string of the molecule is COCC(CCCN)NCc1cc(C)c(C)s1. The first-order valence-corrected chi connectivity index (χ1v) is 6.97. The lowest BCUT2D eigenvalue weighted by Crippen LogP contribution is -2.33. The van der Waals surface area contributed by atoms with Crippen LogP contribution in [0.2, 0.25) is 0 Å². The number of ether oxygens (including phenoxy) is 1. The fraction of sp³-hybridized carbons (Fsp3) is 0.692. The average Bonchev–Trinajstić information content (AvgIpc) is 2.62. The number of thiophene rings is 1. The van der Waals surface area contributed by atoms with Gasteiger partial charge in [0, 0.05) is 29.5 Å². The Morgan fingerprint density at radius 1 is 1.47 bits per heavy atom. The second kappa shape index (κ2) is 7.82. The topological polar surface area (TPSA) is 47.3 Å². The molecule has 3 N–H and O–H groups in total. The van der Waals surface area contributed by atoms with Gasteiger partial charge in [-0.2, -0.15) is 0 Å². The third-order valence-electron chi connectivity index (χ3n) is 2.91. The standard InChI is InChI=1S/C13H24N2OS/c1-10-7-13(17-11(10)2)8-15-12(9-16-3)5-4-6-14/h7,12,15H,4-6,8-9,14H2,1-3H3. The lowest BCUT2D eigenvalue weighted by atomic mass is 10.1. The van der Waals surface area contributed by atoms with Gasteiger partial charge in [0.1, 0.15) is 0 Å². The van der Waals surface area contributed by atoms with Gasteiger partial charge in [-0.15, -0.1) is 11.3 Å². The van der Waals surface area contributed by atoms with E-state index in [4.69, 9.17) is 10.5 Å². The van der Waals surface area contributed by atoms with E-state index in [1.165, 1.54) is 15.3 Å². The second-order valence-corrected chi connectivity index (χ2v) is 5.76. The number of rotatable bonds is 8. The minimum absolute atomic E-state index is 0.409. The number of nitrogens with two attached hydrogens (primary N) is 1. The van der Waals surface area contributed by atoms with Gasteiger partial charge in [-0.1, -0.05) is 0 Å².